The van der Waals surface area contributed by atoms with E-state index in [1.165, 1.54) is 5.57 Å². The second kappa shape index (κ2) is 6.23. The molecule has 0 saturated heterocycles. The number of rotatable bonds is 2. The van der Waals surface area contributed by atoms with Crippen LogP contribution in [0, 0.1) is 28.6 Å². The highest BCUT2D eigenvalue weighted by molar-refractivity contribution is 5.96. The molecular weight excluding hydrogens is 342 g/mol. The molecule has 0 spiro atoms. The second-order valence-corrected chi connectivity index (χ2v) is 9.81. The van der Waals surface area contributed by atoms with Crippen molar-refractivity contribution in [2.24, 2.45) is 33.6 Å². The number of hydrogen-bond donors (Lipinski definition) is 3. The number of aliphatic hydroxyl groups is 3. The molecule has 0 aromatic carbocycles. The van der Waals surface area contributed by atoms with Gasteiger partial charge in [0.05, 0.1) is 6.10 Å². The number of fused-ring (bicyclic) bond motifs is 5. The number of hydrogen-bond acceptors (Lipinski definition) is 5. The topological polar surface area (TPSA) is 90.1 Å². The van der Waals surface area contributed by atoms with Crippen LogP contribution in [0.2, 0.25) is 0 Å². The predicted molar refractivity (Wildman–Crippen MR) is 103 cm³/mol. The van der Waals surface area contributed by atoms with Crippen molar-refractivity contribution in [2.75, 3.05) is 13.7 Å². The van der Waals surface area contributed by atoms with E-state index in [1.54, 1.807) is 0 Å². The summed E-state index contributed by atoms with van der Waals surface area (Å²) in [6.45, 7) is 3.63. The lowest BCUT2D eigenvalue weighted by Gasteiger charge is -2.60. The molecular formula is C22H33NO4. The van der Waals surface area contributed by atoms with Crippen molar-refractivity contribution in [3.05, 3.63) is 11.6 Å². The van der Waals surface area contributed by atoms with E-state index in [2.05, 4.69) is 18.0 Å². The number of Topliss-reactive ketones (excluding diaryl/α,β-unsaturated/α-hetero) is 1. The Balaban J connectivity index is 1.72. The first-order chi connectivity index (χ1) is 12.7. The summed E-state index contributed by atoms with van der Waals surface area (Å²) in [4.78, 5) is 16.8. The molecule has 0 aromatic rings. The Labute approximate surface area is 161 Å². The van der Waals surface area contributed by atoms with E-state index >= 15 is 0 Å². The van der Waals surface area contributed by atoms with Gasteiger partial charge in [0.1, 0.15) is 12.2 Å². The highest BCUT2D eigenvalue weighted by atomic mass is 16.3. The van der Waals surface area contributed by atoms with Crippen LogP contribution in [0.3, 0.4) is 0 Å². The maximum absolute atomic E-state index is 12.4. The van der Waals surface area contributed by atoms with E-state index in [-0.39, 0.29) is 17.3 Å². The number of nitrogens with zero attached hydrogens (tertiary/aromatic N) is 1. The molecule has 0 bridgehead atoms. The zero-order valence-corrected chi connectivity index (χ0v) is 16.7. The van der Waals surface area contributed by atoms with Gasteiger partial charge in [-0.2, -0.15) is 0 Å². The van der Waals surface area contributed by atoms with Crippen LogP contribution in [-0.2, 0) is 4.79 Å². The van der Waals surface area contributed by atoms with Crippen LogP contribution in [0.25, 0.3) is 0 Å². The zero-order valence-electron chi connectivity index (χ0n) is 16.7. The van der Waals surface area contributed by atoms with Gasteiger partial charge in [-0.1, -0.05) is 19.4 Å². The number of carbonyl (C=O) groups is 1. The fourth-order valence-electron chi connectivity index (χ4n) is 7.47. The first-order valence-corrected chi connectivity index (χ1v) is 10.4. The summed E-state index contributed by atoms with van der Waals surface area (Å²) in [6.07, 6.45) is 7.28. The monoisotopic (exact) mass is 375 g/mol. The van der Waals surface area contributed by atoms with Crippen molar-refractivity contribution >= 4 is 11.5 Å². The average Bonchev–Trinajstić information content (AvgIpc) is 2.91. The van der Waals surface area contributed by atoms with E-state index in [0.717, 1.165) is 37.8 Å². The molecule has 0 aliphatic heterocycles. The van der Waals surface area contributed by atoms with E-state index in [0.29, 0.717) is 18.8 Å². The molecule has 7 atom stereocenters. The summed E-state index contributed by atoms with van der Waals surface area (Å²) in [6, 6.07) is 0. The maximum Gasteiger partial charge on any atom is 0.190 e. The third-order valence-electron chi connectivity index (χ3n) is 8.96. The highest BCUT2D eigenvalue weighted by Crippen LogP contribution is 2.67. The van der Waals surface area contributed by atoms with E-state index in [4.69, 9.17) is 0 Å². The Bertz CT molecular complexity index is 715. The number of ketones is 1. The molecule has 27 heavy (non-hydrogen) atoms. The third-order valence-corrected chi connectivity index (χ3v) is 8.96. The Morgan fingerprint density at radius 2 is 2.00 bits per heavy atom. The van der Waals surface area contributed by atoms with Gasteiger partial charge in [0.25, 0.3) is 0 Å². The van der Waals surface area contributed by atoms with Crippen LogP contribution in [0.5, 0.6) is 0 Å². The number of aliphatic imine (C=N–C) groups is 1. The minimum Gasteiger partial charge on any atom is -0.393 e. The molecule has 4 aliphatic carbocycles. The fraction of sp³-hybridized carbons (Fsp3) is 0.818. The lowest BCUT2D eigenvalue weighted by atomic mass is 9.45. The smallest absolute Gasteiger partial charge is 0.190 e. The van der Waals surface area contributed by atoms with Crippen molar-refractivity contribution < 1.29 is 20.1 Å². The summed E-state index contributed by atoms with van der Waals surface area (Å²) in [5, 5.41) is 31.9. The van der Waals surface area contributed by atoms with Gasteiger partial charge in [0, 0.05) is 18.2 Å². The molecule has 0 unspecified atom stereocenters. The SMILES string of the molecule is CN=C1C=C2CC[C@@H]3[C@H]([C@@H](O)C[C@@]4(C)[C@H]3CC[C@]4(O)C(=O)CO)[C@@]2(C)CC1. The fourth-order valence-corrected chi connectivity index (χ4v) is 7.47. The maximum atomic E-state index is 12.4. The van der Waals surface area contributed by atoms with Crippen LogP contribution in [0.15, 0.2) is 16.6 Å². The van der Waals surface area contributed by atoms with Crippen molar-refractivity contribution in [3.8, 4) is 0 Å². The second-order valence-electron chi connectivity index (χ2n) is 9.81. The predicted octanol–water partition coefficient (Wildman–Crippen LogP) is 2.28. The molecule has 3 N–H and O–H groups in total. The molecule has 3 saturated carbocycles. The van der Waals surface area contributed by atoms with Gasteiger partial charge < -0.3 is 15.3 Å². The van der Waals surface area contributed by atoms with Gasteiger partial charge >= 0.3 is 0 Å². The zero-order chi connectivity index (χ0) is 19.6. The summed E-state index contributed by atoms with van der Waals surface area (Å²) >= 11 is 0. The molecule has 0 aromatic heterocycles. The number of allylic oxidation sites excluding steroid dienone is 2. The summed E-state index contributed by atoms with van der Waals surface area (Å²) in [7, 11) is 1.85. The highest BCUT2D eigenvalue weighted by Gasteiger charge is 2.68. The van der Waals surface area contributed by atoms with E-state index in [9.17, 15) is 20.1 Å². The van der Waals surface area contributed by atoms with E-state index in [1.807, 2.05) is 14.0 Å². The van der Waals surface area contributed by atoms with Crippen molar-refractivity contribution in [3.63, 3.8) is 0 Å². The average molecular weight is 376 g/mol. The first kappa shape index (κ1) is 19.3. The van der Waals surface area contributed by atoms with Crippen LogP contribution < -0.4 is 0 Å². The number of aliphatic hydroxyl groups excluding tert-OH is 2. The van der Waals surface area contributed by atoms with Crippen LogP contribution in [0.1, 0.15) is 58.8 Å². The molecule has 3 fully saturated rings. The van der Waals surface area contributed by atoms with Crippen molar-refractivity contribution in [1.29, 1.82) is 0 Å². The molecule has 4 aliphatic rings. The Hall–Kier alpha value is -1.04. The minimum absolute atomic E-state index is 0.0282. The first-order valence-electron chi connectivity index (χ1n) is 10.4. The standard InChI is InChI=1S/C22H33NO4/c1-20-8-6-14(23-3)10-13(20)4-5-15-16-7-9-22(27,18(26)12-24)21(16,2)11-17(25)19(15)20/h10,15-17,19,24-25,27H,4-9,11-12H2,1-3H3/t15-,16-,17-,19+,20-,21-,22-/m0/s1. The largest absolute Gasteiger partial charge is 0.393 e. The van der Waals surface area contributed by atoms with Crippen molar-refractivity contribution in [1.82, 2.24) is 0 Å². The Kier molecular flexibility index (Phi) is 4.45. The Morgan fingerprint density at radius 1 is 1.26 bits per heavy atom. The van der Waals surface area contributed by atoms with E-state index < -0.39 is 29.5 Å². The quantitative estimate of drug-likeness (QED) is 0.691. The van der Waals surface area contributed by atoms with Crippen LogP contribution >= 0.6 is 0 Å². The third kappa shape index (κ3) is 2.41. The normalized spacial score (nSPS) is 50.6. The van der Waals surface area contributed by atoms with Crippen LogP contribution in [0.4, 0.5) is 0 Å². The van der Waals surface area contributed by atoms with Gasteiger partial charge in [0.2, 0.25) is 0 Å². The van der Waals surface area contributed by atoms with Gasteiger partial charge in [-0.3, -0.25) is 9.79 Å². The summed E-state index contributed by atoms with van der Waals surface area (Å²) < 4.78 is 0. The summed E-state index contributed by atoms with van der Waals surface area (Å²) in [5.41, 5.74) is 0.372. The van der Waals surface area contributed by atoms with Gasteiger partial charge in [-0.25, -0.2) is 0 Å². The minimum atomic E-state index is -1.51. The molecule has 0 radical (unpaired) electrons. The Morgan fingerprint density at radius 3 is 2.67 bits per heavy atom. The molecule has 0 heterocycles. The van der Waals surface area contributed by atoms with Gasteiger partial charge in [-0.15, -0.1) is 0 Å². The van der Waals surface area contributed by atoms with Crippen LogP contribution in [-0.4, -0.2) is 52.2 Å². The molecule has 5 heteroatoms. The number of carbonyl (C=O) groups excluding carboxylic acids is 1. The summed E-state index contributed by atoms with van der Waals surface area (Å²) in [5.74, 6) is 0.204. The molecule has 0 amide bonds. The lowest BCUT2D eigenvalue weighted by molar-refractivity contribution is -0.181. The lowest BCUT2D eigenvalue weighted by Crippen LogP contribution is -2.62. The molecule has 150 valence electrons. The molecule has 5 nitrogen and oxygen atoms in total. The van der Waals surface area contributed by atoms with Gasteiger partial charge in [0.15, 0.2) is 5.78 Å². The molecule has 4 rings (SSSR count). The van der Waals surface area contributed by atoms with Gasteiger partial charge in [-0.05, 0) is 74.2 Å². The van der Waals surface area contributed by atoms with Crippen molar-refractivity contribution in [2.45, 2.75) is 70.5 Å².